The zero-order valence-electron chi connectivity index (χ0n) is 27.1. The fourth-order valence-electron chi connectivity index (χ4n) is 5.04. The van der Waals surface area contributed by atoms with Crippen molar-refractivity contribution in [3.8, 4) is 0 Å². The summed E-state index contributed by atoms with van der Waals surface area (Å²) in [4.78, 5) is 18.3. The molecule has 44 heavy (non-hydrogen) atoms. The molecule has 2 rings (SSSR count). The van der Waals surface area contributed by atoms with Crippen molar-refractivity contribution < 1.29 is 35.1 Å². The van der Waals surface area contributed by atoms with E-state index in [0.717, 1.165) is 31.3 Å². The van der Waals surface area contributed by atoms with Gasteiger partial charge in [0.2, 0.25) is 0 Å². The molecule has 1 aromatic rings. The zero-order chi connectivity index (χ0) is 32.8. The first-order chi connectivity index (χ1) is 20.9. The van der Waals surface area contributed by atoms with Crippen LogP contribution in [0.25, 0.3) is 6.08 Å². The minimum atomic E-state index is -1.48. The molecule has 0 aromatic carbocycles. The Morgan fingerprint density at radius 1 is 1.16 bits per heavy atom. The van der Waals surface area contributed by atoms with Gasteiger partial charge in [0.15, 0.2) is 0 Å². The van der Waals surface area contributed by atoms with Crippen LogP contribution in [0.4, 0.5) is 0 Å². The van der Waals surface area contributed by atoms with Gasteiger partial charge in [0, 0.05) is 35.6 Å². The maximum atomic E-state index is 13.6. The molecule has 0 fully saturated rings. The van der Waals surface area contributed by atoms with Crippen molar-refractivity contribution in [2.24, 2.45) is 5.92 Å². The summed E-state index contributed by atoms with van der Waals surface area (Å²) in [5.41, 5.74) is 2.59. The first-order valence-electron chi connectivity index (χ1n) is 15.8. The van der Waals surface area contributed by atoms with Crippen LogP contribution in [-0.2, 0) is 9.53 Å². The number of ether oxygens (including phenoxy) is 1. The van der Waals surface area contributed by atoms with Crippen molar-refractivity contribution in [2.75, 3.05) is 0 Å². The summed E-state index contributed by atoms with van der Waals surface area (Å²) in [6, 6.07) is 0. The number of cyclic esters (lactones) is 1. The van der Waals surface area contributed by atoms with Gasteiger partial charge in [0.25, 0.3) is 0 Å². The van der Waals surface area contributed by atoms with Crippen LogP contribution in [0.15, 0.2) is 58.6 Å². The first-order valence-corrected chi connectivity index (χ1v) is 16.7. The van der Waals surface area contributed by atoms with Gasteiger partial charge < -0.3 is 30.3 Å². The molecule has 0 spiro atoms. The smallest absolute Gasteiger partial charge is 0.334 e. The molecule has 1 aromatic heterocycles. The maximum Gasteiger partial charge on any atom is 0.334 e. The average molecular weight is 632 g/mol. The summed E-state index contributed by atoms with van der Waals surface area (Å²) in [5.74, 6) is -1.66. The van der Waals surface area contributed by atoms with E-state index in [2.05, 4.69) is 11.9 Å². The van der Waals surface area contributed by atoms with E-state index >= 15 is 0 Å². The third-order valence-corrected chi connectivity index (χ3v) is 9.29. The molecule has 9 heteroatoms. The van der Waals surface area contributed by atoms with Gasteiger partial charge in [-0.1, -0.05) is 82.1 Å². The molecule has 0 radical (unpaired) electrons. The quantitative estimate of drug-likeness (QED) is 0.118. The molecule has 1 aliphatic rings. The lowest BCUT2D eigenvalue weighted by molar-refractivity contribution is -0.158. The lowest BCUT2D eigenvalue weighted by atomic mass is 9.87. The van der Waals surface area contributed by atoms with E-state index in [-0.39, 0.29) is 18.8 Å². The number of aromatic nitrogens is 1. The molecular formula is C35H53NO7S. The van der Waals surface area contributed by atoms with Crippen LogP contribution >= 0.6 is 11.3 Å². The molecule has 0 unspecified atom stereocenters. The van der Waals surface area contributed by atoms with Gasteiger partial charge in [-0.15, -0.1) is 11.3 Å². The molecule has 2 bridgehead atoms. The molecule has 246 valence electrons. The number of fused-ring (bicyclic) bond motifs is 2. The van der Waals surface area contributed by atoms with Gasteiger partial charge in [0.1, 0.15) is 12.2 Å². The number of hydrogen-bond donors (Lipinski definition) is 5. The van der Waals surface area contributed by atoms with E-state index in [1.165, 1.54) is 11.3 Å². The van der Waals surface area contributed by atoms with Crippen molar-refractivity contribution in [1.29, 1.82) is 0 Å². The maximum absolute atomic E-state index is 13.6. The molecule has 0 saturated carbocycles. The van der Waals surface area contributed by atoms with Crippen molar-refractivity contribution >= 4 is 23.4 Å². The molecule has 1 aliphatic heterocycles. The first kappa shape index (κ1) is 37.8. The summed E-state index contributed by atoms with van der Waals surface area (Å²) in [6.45, 7) is 11.2. The minimum absolute atomic E-state index is 0.0866. The molecule has 2 heterocycles. The van der Waals surface area contributed by atoms with Crippen LogP contribution in [0.2, 0.25) is 0 Å². The van der Waals surface area contributed by atoms with Gasteiger partial charge in [-0.25, -0.2) is 9.78 Å². The predicted octanol–water partition coefficient (Wildman–Crippen LogP) is 5.77. The number of nitrogens with zero attached hydrogens (tertiary/aromatic N) is 1. The van der Waals surface area contributed by atoms with E-state index in [0.29, 0.717) is 28.3 Å². The summed E-state index contributed by atoms with van der Waals surface area (Å²) < 4.78 is 5.90. The summed E-state index contributed by atoms with van der Waals surface area (Å²) in [6.07, 6.45) is 9.78. The number of hydrogen-bond acceptors (Lipinski definition) is 9. The van der Waals surface area contributed by atoms with Crippen molar-refractivity contribution in [3.05, 3.63) is 69.3 Å². The highest BCUT2D eigenvalue weighted by molar-refractivity contribution is 7.09. The molecule has 8 atom stereocenters. The Morgan fingerprint density at radius 3 is 2.57 bits per heavy atom. The number of thiazole rings is 1. The fraction of sp³-hybridized carbons (Fsp3) is 0.600. The van der Waals surface area contributed by atoms with E-state index in [1.54, 1.807) is 44.2 Å². The van der Waals surface area contributed by atoms with Gasteiger partial charge >= 0.3 is 5.97 Å². The van der Waals surface area contributed by atoms with E-state index in [4.69, 9.17) is 4.74 Å². The number of rotatable bonds is 11. The van der Waals surface area contributed by atoms with Crippen LogP contribution in [-0.4, -0.2) is 73.1 Å². The normalized spacial score (nSPS) is 25.5. The van der Waals surface area contributed by atoms with Crippen LogP contribution in [0, 0.1) is 5.92 Å². The lowest BCUT2D eigenvalue weighted by Gasteiger charge is -2.32. The highest BCUT2D eigenvalue weighted by Gasteiger charge is 2.36. The Labute approximate surface area is 267 Å². The molecule has 0 amide bonds. The van der Waals surface area contributed by atoms with Gasteiger partial charge in [-0.05, 0) is 45.3 Å². The second-order valence-corrected chi connectivity index (χ2v) is 12.8. The Balaban J connectivity index is 2.44. The molecule has 5 N–H and O–H groups in total. The second-order valence-electron chi connectivity index (χ2n) is 11.9. The van der Waals surface area contributed by atoms with Crippen LogP contribution in [0.1, 0.15) is 103 Å². The zero-order valence-corrected chi connectivity index (χ0v) is 27.9. The van der Waals surface area contributed by atoms with Gasteiger partial charge in [0.05, 0.1) is 35.1 Å². The van der Waals surface area contributed by atoms with Gasteiger partial charge in [-0.3, -0.25) is 0 Å². The van der Waals surface area contributed by atoms with E-state index in [1.807, 2.05) is 38.3 Å². The topological polar surface area (TPSA) is 140 Å². The molecule has 8 nitrogen and oxygen atoms in total. The number of allylic oxidation sites excluding steroid dienone is 5. The average Bonchev–Trinajstić information content (AvgIpc) is 3.47. The molecule has 0 aliphatic carbocycles. The number of esters is 1. The standard InChI is InChI=1S/C35H53NO7S/c1-7-9-10-12-15-26-19-27-21-44-34(36-27)24(5)29(38)20-28(37)16-13-11-14-17-30(43-35(26)42)33(41)32(40)25(6)31(39)23(4)18-22(3)8-2/h8,11,13-14,16,18-19,21,24-25,28-33,37-41H,7,9-10,12,15,17,20H2,1-6H3/t24-,25+,28+,29-,30-,31-,32+,33-/m0/s1. The summed E-state index contributed by atoms with van der Waals surface area (Å²) >= 11 is 1.38. The monoisotopic (exact) mass is 631 g/mol. The Kier molecular flexibility index (Phi) is 16.5. The van der Waals surface area contributed by atoms with Crippen molar-refractivity contribution in [2.45, 2.75) is 129 Å². The largest absolute Gasteiger partial charge is 0.456 e. The summed E-state index contributed by atoms with van der Waals surface area (Å²) in [7, 11) is 0. The summed E-state index contributed by atoms with van der Waals surface area (Å²) in [5, 5.41) is 57.0. The minimum Gasteiger partial charge on any atom is -0.456 e. The highest BCUT2D eigenvalue weighted by atomic mass is 32.1. The number of carbonyl (C=O) groups excluding carboxylic acids is 1. The number of carbonyl (C=O) groups is 1. The van der Waals surface area contributed by atoms with Crippen LogP contribution < -0.4 is 0 Å². The lowest BCUT2D eigenvalue weighted by Crippen LogP contribution is -2.46. The Morgan fingerprint density at radius 2 is 1.89 bits per heavy atom. The highest BCUT2D eigenvalue weighted by Crippen LogP contribution is 2.28. The van der Waals surface area contributed by atoms with Crippen molar-refractivity contribution in [3.63, 3.8) is 0 Å². The van der Waals surface area contributed by atoms with E-state index in [9.17, 15) is 30.3 Å². The van der Waals surface area contributed by atoms with E-state index < -0.39 is 48.5 Å². The number of aliphatic hydroxyl groups is 5. The Bertz CT molecular complexity index is 1180. The fourth-order valence-corrected chi connectivity index (χ4v) is 5.93. The Hall–Kier alpha value is -2.40. The molecular weight excluding hydrogens is 578 g/mol. The number of unbranched alkanes of at least 4 members (excludes halogenated alkanes) is 3. The van der Waals surface area contributed by atoms with Crippen LogP contribution in [0.5, 0.6) is 0 Å². The molecule has 0 saturated heterocycles. The predicted molar refractivity (Wildman–Crippen MR) is 177 cm³/mol. The second kappa shape index (κ2) is 19.2. The third kappa shape index (κ3) is 11.8. The van der Waals surface area contributed by atoms with Gasteiger partial charge in [-0.2, -0.15) is 0 Å². The number of aliphatic hydroxyl groups excluding tert-OH is 5. The SMILES string of the molecule is CC=C(C)C=C(C)[C@H](O)[C@@H](C)[C@@H](O)[C@@H](O)[C@@H]1CC=CC=C[C@@H](O)C[C@H](O)[C@H](C)c2nc(cs2)C=C(CCCCCC)C(=O)O1. The third-order valence-electron chi connectivity index (χ3n) is 8.23. The van der Waals surface area contributed by atoms with Crippen molar-refractivity contribution in [1.82, 2.24) is 4.98 Å². The van der Waals surface area contributed by atoms with Crippen LogP contribution in [0.3, 0.4) is 0 Å².